The van der Waals surface area contributed by atoms with Crippen LogP contribution in [0.1, 0.15) is 36.0 Å². The number of benzene rings is 2. The molecular formula is C22H23ClN4O3. The van der Waals surface area contributed by atoms with Crippen LogP contribution in [0.5, 0.6) is 5.75 Å². The Hall–Kier alpha value is -3.06. The van der Waals surface area contributed by atoms with Gasteiger partial charge in [-0.25, -0.2) is 0 Å². The van der Waals surface area contributed by atoms with Crippen LogP contribution in [0.25, 0.3) is 11.4 Å². The van der Waals surface area contributed by atoms with E-state index in [1.54, 1.807) is 18.2 Å². The van der Waals surface area contributed by atoms with Crippen molar-refractivity contribution in [3.63, 3.8) is 0 Å². The number of ether oxygens (including phenoxy) is 1. The number of hydrogen-bond donors (Lipinski definition) is 1. The van der Waals surface area contributed by atoms with Gasteiger partial charge in [0.05, 0.1) is 18.7 Å². The summed E-state index contributed by atoms with van der Waals surface area (Å²) in [5.41, 5.74) is 2.08. The third-order valence-corrected chi connectivity index (χ3v) is 5.16. The van der Waals surface area contributed by atoms with E-state index < -0.39 is 0 Å². The van der Waals surface area contributed by atoms with Gasteiger partial charge in [0.2, 0.25) is 11.7 Å². The van der Waals surface area contributed by atoms with Crippen LogP contribution in [0.4, 0.5) is 5.69 Å². The predicted molar refractivity (Wildman–Crippen MR) is 115 cm³/mol. The number of hydrogen-bond acceptors (Lipinski definition) is 6. The third-order valence-electron chi connectivity index (χ3n) is 4.93. The van der Waals surface area contributed by atoms with Crippen LogP contribution in [0.15, 0.2) is 47.0 Å². The van der Waals surface area contributed by atoms with Crippen molar-refractivity contribution < 1.29 is 14.1 Å². The molecule has 1 aromatic heterocycles. The number of carbonyl (C=O) groups excluding carboxylic acids is 1. The van der Waals surface area contributed by atoms with Gasteiger partial charge in [-0.05, 0) is 62.2 Å². The highest BCUT2D eigenvalue weighted by Crippen LogP contribution is 2.25. The lowest BCUT2D eigenvalue weighted by molar-refractivity contribution is 0.0793. The normalized spacial score (nSPS) is 13.5. The van der Waals surface area contributed by atoms with Crippen molar-refractivity contribution >= 4 is 23.2 Å². The van der Waals surface area contributed by atoms with Gasteiger partial charge in [0.1, 0.15) is 5.75 Å². The first-order chi connectivity index (χ1) is 14.6. The van der Waals surface area contributed by atoms with Gasteiger partial charge >= 0.3 is 0 Å². The molecule has 1 saturated heterocycles. The topological polar surface area (TPSA) is 80.5 Å². The zero-order valence-electron chi connectivity index (χ0n) is 16.7. The van der Waals surface area contributed by atoms with Crippen molar-refractivity contribution in [2.75, 3.05) is 25.0 Å². The first-order valence-corrected chi connectivity index (χ1v) is 10.4. The van der Waals surface area contributed by atoms with Gasteiger partial charge in [-0.15, -0.1) is 0 Å². The molecule has 8 heteroatoms. The number of carbonyl (C=O) groups is 1. The summed E-state index contributed by atoms with van der Waals surface area (Å²) in [5, 5.41) is 7.81. The van der Waals surface area contributed by atoms with Gasteiger partial charge in [-0.1, -0.05) is 16.8 Å². The minimum absolute atomic E-state index is 0.00673. The number of amides is 1. The van der Waals surface area contributed by atoms with Gasteiger partial charge in [0.15, 0.2) is 0 Å². The van der Waals surface area contributed by atoms with Crippen molar-refractivity contribution in [3.05, 3.63) is 58.9 Å². The number of anilines is 1. The summed E-state index contributed by atoms with van der Waals surface area (Å²) in [6, 6.07) is 12.7. The standard InChI is InChI=1S/C22H23ClN4O3/c1-2-29-17-8-5-15(6-9-17)21-25-20(30-26-21)14-24-19-13-16(23)7-10-18(19)22(28)27-11-3-4-12-27/h5-10,13,24H,2-4,11-12,14H2,1H3. The lowest BCUT2D eigenvalue weighted by atomic mass is 10.1. The van der Waals surface area contributed by atoms with Crippen LogP contribution in [-0.4, -0.2) is 40.6 Å². The van der Waals surface area contributed by atoms with Gasteiger partial charge in [0.25, 0.3) is 5.91 Å². The minimum Gasteiger partial charge on any atom is -0.494 e. The minimum atomic E-state index is 0.00673. The number of nitrogens with one attached hydrogen (secondary N) is 1. The van der Waals surface area contributed by atoms with E-state index in [9.17, 15) is 4.79 Å². The van der Waals surface area contributed by atoms with Crippen molar-refractivity contribution in [1.29, 1.82) is 0 Å². The molecule has 2 aromatic carbocycles. The quantitative estimate of drug-likeness (QED) is 0.593. The van der Waals surface area contributed by atoms with E-state index in [0.29, 0.717) is 34.6 Å². The summed E-state index contributed by atoms with van der Waals surface area (Å²) in [5.74, 6) is 1.71. The van der Waals surface area contributed by atoms with Gasteiger partial charge in [-0.2, -0.15) is 4.98 Å². The Morgan fingerprint density at radius 3 is 2.70 bits per heavy atom. The lowest BCUT2D eigenvalue weighted by Crippen LogP contribution is -2.28. The van der Waals surface area contributed by atoms with Gasteiger partial charge in [0, 0.05) is 29.4 Å². The second-order valence-electron chi connectivity index (χ2n) is 7.01. The van der Waals surface area contributed by atoms with E-state index in [-0.39, 0.29) is 12.5 Å². The maximum Gasteiger partial charge on any atom is 0.255 e. The molecule has 1 N–H and O–H groups in total. The van der Waals surface area contributed by atoms with Crippen molar-refractivity contribution in [2.24, 2.45) is 0 Å². The average molecular weight is 427 g/mol. The summed E-state index contributed by atoms with van der Waals surface area (Å²) in [7, 11) is 0. The van der Waals surface area contributed by atoms with Crippen LogP contribution >= 0.6 is 11.6 Å². The van der Waals surface area contributed by atoms with E-state index in [0.717, 1.165) is 37.2 Å². The molecule has 1 aliphatic rings. The smallest absolute Gasteiger partial charge is 0.255 e. The Morgan fingerprint density at radius 1 is 1.20 bits per heavy atom. The van der Waals surface area contributed by atoms with E-state index in [4.69, 9.17) is 20.9 Å². The fraction of sp³-hybridized carbons (Fsp3) is 0.318. The van der Waals surface area contributed by atoms with E-state index in [1.807, 2.05) is 36.1 Å². The number of likely N-dealkylation sites (tertiary alicyclic amines) is 1. The van der Waals surface area contributed by atoms with Crippen LogP contribution < -0.4 is 10.1 Å². The summed E-state index contributed by atoms with van der Waals surface area (Å²) in [4.78, 5) is 19.1. The molecule has 0 atom stereocenters. The SMILES string of the molecule is CCOc1ccc(-c2noc(CNc3cc(Cl)ccc3C(=O)N3CCCC3)n2)cc1. The molecule has 0 saturated carbocycles. The summed E-state index contributed by atoms with van der Waals surface area (Å²) in [6.45, 7) is 4.41. The van der Waals surface area contributed by atoms with Gasteiger partial charge in [-0.3, -0.25) is 4.79 Å². The molecule has 0 unspecified atom stereocenters. The molecule has 1 aliphatic heterocycles. The fourth-order valence-electron chi connectivity index (χ4n) is 3.42. The molecule has 30 heavy (non-hydrogen) atoms. The molecule has 0 radical (unpaired) electrons. The Bertz CT molecular complexity index is 1010. The van der Waals surface area contributed by atoms with Gasteiger partial charge < -0.3 is 19.5 Å². The molecule has 2 heterocycles. The average Bonchev–Trinajstić information content (AvgIpc) is 3.45. The van der Waals surface area contributed by atoms with Crippen LogP contribution in [-0.2, 0) is 6.54 Å². The third kappa shape index (κ3) is 4.57. The van der Waals surface area contributed by atoms with Crippen LogP contribution in [0.3, 0.4) is 0 Å². The number of aromatic nitrogens is 2. The molecule has 3 aromatic rings. The van der Waals surface area contributed by atoms with E-state index in [1.165, 1.54) is 0 Å². The molecule has 0 aliphatic carbocycles. The number of nitrogens with zero attached hydrogens (tertiary/aromatic N) is 3. The zero-order valence-corrected chi connectivity index (χ0v) is 17.5. The Labute approximate surface area is 180 Å². The Kier molecular flexibility index (Phi) is 6.18. The Morgan fingerprint density at radius 2 is 1.97 bits per heavy atom. The second-order valence-corrected chi connectivity index (χ2v) is 7.45. The van der Waals surface area contributed by atoms with Crippen molar-refractivity contribution in [3.8, 4) is 17.1 Å². The largest absolute Gasteiger partial charge is 0.494 e. The molecule has 4 rings (SSSR count). The molecular weight excluding hydrogens is 404 g/mol. The molecule has 0 bridgehead atoms. The number of halogens is 1. The maximum absolute atomic E-state index is 12.8. The molecule has 0 spiro atoms. The molecule has 1 fully saturated rings. The zero-order chi connectivity index (χ0) is 20.9. The number of rotatable bonds is 7. The van der Waals surface area contributed by atoms with Crippen LogP contribution in [0, 0.1) is 0 Å². The molecule has 156 valence electrons. The predicted octanol–water partition coefficient (Wildman–Crippen LogP) is 4.64. The van der Waals surface area contributed by atoms with Crippen LogP contribution in [0.2, 0.25) is 5.02 Å². The molecule has 7 nitrogen and oxygen atoms in total. The first kappa shape index (κ1) is 20.2. The Balaban J connectivity index is 1.46. The van der Waals surface area contributed by atoms with Crippen molar-refractivity contribution in [1.82, 2.24) is 15.0 Å². The molecule has 1 amide bonds. The summed E-state index contributed by atoms with van der Waals surface area (Å²) in [6.07, 6.45) is 2.08. The maximum atomic E-state index is 12.8. The lowest BCUT2D eigenvalue weighted by Gasteiger charge is -2.18. The monoisotopic (exact) mass is 426 g/mol. The highest BCUT2D eigenvalue weighted by molar-refractivity contribution is 6.31. The summed E-state index contributed by atoms with van der Waals surface area (Å²) >= 11 is 6.16. The van der Waals surface area contributed by atoms with Crippen molar-refractivity contribution in [2.45, 2.75) is 26.3 Å². The van der Waals surface area contributed by atoms with E-state index >= 15 is 0 Å². The van der Waals surface area contributed by atoms with E-state index in [2.05, 4.69) is 15.5 Å². The fourth-order valence-corrected chi connectivity index (χ4v) is 3.59. The highest BCUT2D eigenvalue weighted by atomic mass is 35.5. The second kappa shape index (κ2) is 9.17. The highest BCUT2D eigenvalue weighted by Gasteiger charge is 2.22. The summed E-state index contributed by atoms with van der Waals surface area (Å²) < 4.78 is 10.8. The first-order valence-electron chi connectivity index (χ1n) is 10.0.